The van der Waals surface area contributed by atoms with Crippen LogP contribution in [0.15, 0.2) is 18.2 Å². The van der Waals surface area contributed by atoms with E-state index < -0.39 is 11.6 Å². The number of ether oxygens (including phenoxy) is 1. The van der Waals surface area contributed by atoms with Gasteiger partial charge in [-0.2, -0.15) is 0 Å². The van der Waals surface area contributed by atoms with Crippen molar-refractivity contribution in [1.82, 2.24) is 0 Å². The first kappa shape index (κ1) is 14.7. The predicted octanol–water partition coefficient (Wildman–Crippen LogP) is 2.98. The van der Waals surface area contributed by atoms with Crippen LogP contribution in [0.25, 0.3) is 0 Å². The van der Waals surface area contributed by atoms with E-state index in [2.05, 4.69) is 0 Å². The van der Waals surface area contributed by atoms with E-state index in [4.69, 9.17) is 16.3 Å². The number of rotatable bonds is 4. The van der Waals surface area contributed by atoms with Crippen molar-refractivity contribution in [2.45, 2.75) is 26.2 Å². The van der Waals surface area contributed by atoms with E-state index in [0.29, 0.717) is 5.75 Å². The Morgan fingerprint density at radius 3 is 2.33 bits per heavy atom. The Bertz CT molecular complexity index is 472. The van der Waals surface area contributed by atoms with Gasteiger partial charge in [0, 0.05) is 0 Å². The lowest BCUT2D eigenvalue weighted by Gasteiger charge is -2.20. The number of benzene rings is 1. The Labute approximate surface area is 112 Å². The summed E-state index contributed by atoms with van der Waals surface area (Å²) in [5.74, 6) is -1.15. The van der Waals surface area contributed by atoms with Gasteiger partial charge in [-0.1, -0.05) is 26.8 Å². The molecule has 0 unspecified atom stereocenters. The van der Waals surface area contributed by atoms with Crippen molar-refractivity contribution in [2.75, 3.05) is 13.0 Å². The minimum atomic E-state index is -0.624. The largest absolute Gasteiger partial charge is 0.496 e. The summed E-state index contributed by atoms with van der Waals surface area (Å²) in [6, 6.07) is 5.29. The maximum Gasteiger partial charge on any atom is 0.233 e. The van der Waals surface area contributed by atoms with Gasteiger partial charge < -0.3 is 4.74 Å². The van der Waals surface area contributed by atoms with E-state index in [1.165, 1.54) is 7.11 Å². The lowest BCUT2D eigenvalue weighted by molar-refractivity contribution is -0.112. The van der Waals surface area contributed by atoms with Gasteiger partial charge in [0.2, 0.25) is 11.6 Å². The molecule has 0 radical (unpaired) electrons. The highest BCUT2D eigenvalue weighted by Gasteiger charge is 2.22. The van der Waals surface area contributed by atoms with Crippen LogP contribution in [0.1, 0.15) is 36.7 Å². The fourth-order valence-electron chi connectivity index (χ4n) is 1.56. The standard InChI is InChI=1S/C14H17ClO3/c1-14(2,3)9-5-6-12(18-4)10(7-9)13(17)11(16)8-15/h5-7H,8H2,1-4H3. The molecule has 0 bridgehead atoms. The summed E-state index contributed by atoms with van der Waals surface area (Å²) >= 11 is 5.41. The van der Waals surface area contributed by atoms with Crippen LogP contribution < -0.4 is 4.74 Å². The fourth-order valence-corrected chi connectivity index (χ4v) is 1.68. The molecule has 0 atom stereocenters. The molecule has 0 aromatic heterocycles. The number of carbonyl (C=O) groups is 2. The van der Waals surface area contributed by atoms with Crippen molar-refractivity contribution in [1.29, 1.82) is 0 Å². The van der Waals surface area contributed by atoms with Gasteiger partial charge in [-0.05, 0) is 23.1 Å². The second-order valence-corrected chi connectivity index (χ2v) is 5.32. The number of halogens is 1. The van der Waals surface area contributed by atoms with Gasteiger partial charge in [0.1, 0.15) is 5.75 Å². The van der Waals surface area contributed by atoms with Crippen LogP contribution in [-0.4, -0.2) is 24.6 Å². The van der Waals surface area contributed by atoms with Crippen molar-refractivity contribution < 1.29 is 14.3 Å². The Morgan fingerprint density at radius 1 is 1.28 bits per heavy atom. The Hall–Kier alpha value is -1.35. The highest BCUT2D eigenvalue weighted by atomic mass is 35.5. The van der Waals surface area contributed by atoms with Gasteiger partial charge in [0.15, 0.2) is 0 Å². The zero-order valence-electron chi connectivity index (χ0n) is 11.0. The molecule has 0 aliphatic carbocycles. The van der Waals surface area contributed by atoms with Crippen LogP contribution in [0.4, 0.5) is 0 Å². The van der Waals surface area contributed by atoms with Crippen LogP contribution in [0, 0.1) is 0 Å². The SMILES string of the molecule is COc1ccc(C(C)(C)C)cc1C(=O)C(=O)CCl. The molecule has 1 rings (SSSR count). The molecule has 4 heteroatoms. The van der Waals surface area contributed by atoms with Crippen molar-refractivity contribution in [3.63, 3.8) is 0 Å². The summed E-state index contributed by atoms with van der Waals surface area (Å²) in [6.07, 6.45) is 0. The van der Waals surface area contributed by atoms with Crippen molar-refractivity contribution in [2.24, 2.45) is 0 Å². The van der Waals surface area contributed by atoms with Crippen LogP contribution in [0.5, 0.6) is 5.75 Å². The van der Waals surface area contributed by atoms with E-state index in [1.54, 1.807) is 12.1 Å². The molecule has 0 spiro atoms. The van der Waals surface area contributed by atoms with E-state index in [0.717, 1.165) is 5.56 Å². The Morgan fingerprint density at radius 2 is 1.89 bits per heavy atom. The lowest BCUT2D eigenvalue weighted by atomic mass is 9.85. The molecule has 0 heterocycles. The molecule has 0 aliphatic heterocycles. The summed E-state index contributed by atoms with van der Waals surface area (Å²) in [4.78, 5) is 23.3. The van der Waals surface area contributed by atoms with Crippen LogP contribution >= 0.6 is 11.6 Å². The monoisotopic (exact) mass is 268 g/mol. The fraction of sp³-hybridized carbons (Fsp3) is 0.429. The predicted molar refractivity (Wildman–Crippen MR) is 71.8 cm³/mol. The first-order valence-corrected chi connectivity index (χ1v) is 6.16. The number of methoxy groups -OCH3 is 1. The zero-order valence-corrected chi connectivity index (χ0v) is 11.8. The molecule has 0 saturated carbocycles. The second-order valence-electron chi connectivity index (χ2n) is 5.05. The van der Waals surface area contributed by atoms with Gasteiger partial charge >= 0.3 is 0 Å². The molecular formula is C14H17ClO3. The summed E-state index contributed by atoms with van der Waals surface area (Å²) in [6.45, 7) is 6.10. The average molecular weight is 269 g/mol. The summed E-state index contributed by atoms with van der Waals surface area (Å²) in [5, 5.41) is 0. The number of carbonyl (C=O) groups excluding carboxylic acids is 2. The molecule has 0 aliphatic rings. The molecule has 0 amide bonds. The number of Topliss-reactive ketones (excluding diaryl/α,β-unsaturated/α-hetero) is 2. The van der Waals surface area contributed by atoms with Crippen molar-refractivity contribution in [3.8, 4) is 5.75 Å². The normalized spacial score (nSPS) is 11.2. The smallest absolute Gasteiger partial charge is 0.233 e. The number of alkyl halides is 1. The number of ketones is 2. The quantitative estimate of drug-likeness (QED) is 0.479. The molecule has 0 N–H and O–H groups in total. The van der Waals surface area contributed by atoms with Gasteiger partial charge in [0.05, 0.1) is 18.6 Å². The van der Waals surface area contributed by atoms with E-state index in [-0.39, 0.29) is 16.9 Å². The third-order valence-corrected chi connectivity index (χ3v) is 2.93. The first-order valence-electron chi connectivity index (χ1n) is 5.63. The minimum absolute atomic E-state index is 0.106. The highest BCUT2D eigenvalue weighted by Crippen LogP contribution is 2.28. The van der Waals surface area contributed by atoms with Gasteiger partial charge in [-0.15, -0.1) is 11.6 Å². The van der Waals surface area contributed by atoms with Gasteiger partial charge in [-0.3, -0.25) is 9.59 Å². The van der Waals surface area contributed by atoms with E-state index in [9.17, 15) is 9.59 Å². The van der Waals surface area contributed by atoms with Crippen molar-refractivity contribution >= 4 is 23.2 Å². The summed E-state index contributed by atoms with van der Waals surface area (Å²) in [7, 11) is 1.47. The van der Waals surface area contributed by atoms with Crippen LogP contribution in [0.3, 0.4) is 0 Å². The van der Waals surface area contributed by atoms with Gasteiger partial charge in [0.25, 0.3) is 0 Å². The molecule has 1 aromatic carbocycles. The first-order chi connectivity index (χ1) is 8.31. The highest BCUT2D eigenvalue weighted by molar-refractivity contribution is 6.51. The minimum Gasteiger partial charge on any atom is -0.496 e. The Balaban J connectivity index is 3.31. The Kier molecular flexibility index (Phi) is 4.52. The maximum atomic E-state index is 11.9. The maximum absolute atomic E-state index is 11.9. The van der Waals surface area contributed by atoms with E-state index >= 15 is 0 Å². The number of hydrogen-bond donors (Lipinski definition) is 0. The van der Waals surface area contributed by atoms with E-state index in [1.807, 2.05) is 26.8 Å². The third-order valence-electron chi connectivity index (χ3n) is 2.68. The zero-order chi connectivity index (χ0) is 13.9. The lowest BCUT2D eigenvalue weighted by Crippen LogP contribution is -2.18. The molecule has 0 saturated heterocycles. The van der Waals surface area contributed by atoms with Gasteiger partial charge in [-0.25, -0.2) is 0 Å². The third kappa shape index (κ3) is 3.10. The number of hydrogen-bond acceptors (Lipinski definition) is 3. The van der Waals surface area contributed by atoms with Crippen LogP contribution in [-0.2, 0) is 10.2 Å². The molecule has 0 fully saturated rings. The molecule has 18 heavy (non-hydrogen) atoms. The summed E-state index contributed by atoms with van der Waals surface area (Å²) in [5.41, 5.74) is 1.13. The molecular weight excluding hydrogens is 252 g/mol. The topological polar surface area (TPSA) is 43.4 Å². The van der Waals surface area contributed by atoms with Crippen molar-refractivity contribution in [3.05, 3.63) is 29.3 Å². The summed E-state index contributed by atoms with van der Waals surface area (Å²) < 4.78 is 5.11. The molecule has 98 valence electrons. The van der Waals surface area contributed by atoms with Crippen LogP contribution in [0.2, 0.25) is 0 Å². The molecule has 3 nitrogen and oxygen atoms in total. The molecule has 1 aromatic rings. The average Bonchev–Trinajstić information content (AvgIpc) is 2.35. The second kappa shape index (κ2) is 5.53.